The molecular weight excluding hydrogens is 569 g/mol. The van der Waals surface area contributed by atoms with Gasteiger partial charge in [0.1, 0.15) is 12.6 Å². The fraction of sp³-hybridized carbons (Fsp3) is 0.333. The van der Waals surface area contributed by atoms with E-state index in [4.69, 9.17) is 23.2 Å². The van der Waals surface area contributed by atoms with Gasteiger partial charge < -0.3 is 10.2 Å². The molecule has 0 saturated heterocycles. The molecule has 0 bridgehead atoms. The number of nitrogens with zero attached hydrogens (tertiary/aromatic N) is 2. The minimum atomic E-state index is -3.88. The van der Waals surface area contributed by atoms with Gasteiger partial charge in [-0.25, -0.2) is 8.42 Å². The lowest BCUT2D eigenvalue weighted by Gasteiger charge is -2.34. The predicted octanol–water partition coefficient (Wildman–Crippen LogP) is 5.62. The number of rotatable bonds is 12. The number of anilines is 1. The Hall–Kier alpha value is -3.07. The van der Waals surface area contributed by atoms with E-state index in [1.807, 2.05) is 44.2 Å². The summed E-state index contributed by atoms with van der Waals surface area (Å²) in [6.45, 7) is 5.13. The number of sulfonamides is 1. The third-order valence-electron chi connectivity index (χ3n) is 6.73. The first-order valence-electron chi connectivity index (χ1n) is 13.0. The number of halogens is 2. The van der Waals surface area contributed by atoms with E-state index >= 15 is 0 Å². The Morgan fingerprint density at radius 1 is 0.925 bits per heavy atom. The predicted molar refractivity (Wildman–Crippen MR) is 162 cm³/mol. The lowest BCUT2D eigenvalue weighted by molar-refractivity contribution is -0.140. The van der Waals surface area contributed by atoms with Crippen molar-refractivity contribution in [1.29, 1.82) is 0 Å². The number of amides is 2. The second-order valence-corrected chi connectivity index (χ2v) is 12.6. The maximum absolute atomic E-state index is 14.1. The summed E-state index contributed by atoms with van der Waals surface area (Å²) in [7, 11) is -3.88. The minimum absolute atomic E-state index is 0.0769. The molecule has 2 amide bonds. The van der Waals surface area contributed by atoms with E-state index in [-0.39, 0.29) is 24.9 Å². The highest BCUT2D eigenvalue weighted by atomic mass is 35.5. The quantitative estimate of drug-likeness (QED) is 0.291. The van der Waals surface area contributed by atoms with Gasteiger partial charge in [-0.05, 0) is 61.2 Å². The van der Waals surface area contributed by atoms with Gasteiger partial charge in [0.05, 0.1) is 11.9 Å². The third-order valence-corrected chi connectivity index (χ3v) is 8.51. The molecule has 0 aromatic heterocycles. The van der Waals surface area contributed by atoms with E-state index in [2.05, 4.69) is 5.32 Å². The van der Waals surface area contributed by atoms with Crippen molar-refractivity contribution in [1.82, 2.24) is 10.2 Å². The van der Waals surface area contributed by atoms with Crippen molar-refractivity contribution in [2.75, 3.05) is 17.1 Å². The molecule has 3 rings (SSSR count). The van der Waals surface area contributed by atoms with Crippen LogP contribution in [0.3, 0.4) is 0 Å². The van der Waals surface area contributed by atoms with Gasteiger partial charge in [-0.2, -0.15) is 0 Å². The molecule has 0 saturated carbocycles. The normalized spacial score (nSPS) is 12.8. The van der Waals surface area contributed by atoms with E-state index in [0.717, 1.165) is 21.7 Å². The molecule has 0 aliphatic carbocycles. The topological polar surface area (TPSA) is 86.8 Å². The van der Waals surface area contributed by atoms with Gasteiger partial charge in [0.25, 0.3) is 0 Å². The summed E-state index contributed by atoms with van der Waals surface area (Å²) in [5.41, 5.74) is 2.45. The Bertz CT molecular complexity index is 1420. The number of carbonyl (C=O) groups excluding carboxylic acids is 2. The average Bonchev–Trinajstić information content (AvgIpc) is 2.91. The molecule has 0 radical (unpaired) electrons. The number of nitrogens with one attached hydrogen (secondary N) is 1. The lowest BCUT2D eigenvalue weighted by atomic mass is 10.0. The van der Waals surface area contributed by atoms with Crippen LogP contribution in [0.25, 0.3) is 0 Å². The first-order valence-corrected chi connectivity index (χ1v) is 15.6. The SMILES string of the molecule is CC[C@@H](C)NC(=O)[C@H](Cc1ccccc1)N(Cc1ccc(Cl)cc1)C(=O)CN(c1cccc(Cl)c1C)S(C)(=O)=O. The van der Waals surface area contributed by atoms with Gasteiger partial charge in [0.2, 0.25) is 21.8 Å². The van der Waals surface area contributed by atoms with Crippen LogP contribution in [-0.4, -0.2) is 50.0 Å². The van der Waals surface area contributed by atoms with Crippen LogP contribution in [0.1, 0.15) is 37.0 Å². The molecule has 1 N–H and O–H groups in total. The van der Waals surface area contributed by atoms with Crippen molar-refractivity contribution in [3.8, 4) is 0 Å². The summed E-state index contributed by atoms with van der Waals surface area (Å²) in [6, 6.07) is 20.3. The van der Waals surface area contributed by atoms with Crippen molar-refractivity contribution in [2.45, 2.75) is 52.2 Å². The Morgan fingerprint density at radius 3 is 2.17 bits per heavy atom. The van der Waals surface area contributed by atoms with E-state index in [1.54, 1.807) is 49.4 Å². The molecule has 0 heterocycles. The molecule has 40 heavy (non-hydrogen) atoms. The molecule has 3 aromatic rings. The maximum atomic E-state index is 14.1. The molecule has 0 fully saturated rings. The number of carbonyl (C=O) groups is 2. The summed E-state index contributed by atoms with van der Waals surface area (Å²) in [6.07, 6.45) is 2.00. The highest BCUT2D eigenvalue weighted by molar-refractivity contribution is 7.92. The van der Waals surface area contributed by atoms with Crippen LogP contribution in [0.4, 0.5) is 5.69 Å². The van der Waals surface area contributed by atoms with Crippen LogP contribution >= 0.6 is 23.2 Å². The summed E-state index contributed by atoms with van der Waals surface area (Å²) in [4.78, 5) is 29.2. The largest absolute Gasteiger partial charge is 0.352 e. The minimum Gasteiger partial charge on any atom is -0.352 e. The Labute approximate surface area is 247 Å². The molecule has 0 aliphatic rings. The first kappa shape index (κ1) is 31.5. The van der Waals surface area contributed by atoms with Crippen molar-refractivity contribution in [3.63, 3.8) is 0 Å². The van der Waals surface area contributed by atoms with Crippen molar-refractivity contribution in [3.05, 3.63) is 99.5 Å². The van der Waals surface area contributed by atoms with Gasteiger partial charge in [-0.1, -0.05) is 78.7 Å². The monoisotopic (exact) mass is 603 g/mol. The summed E-state index contributed by atoms with van der Waals surface area (Å²) < 4.78 is 26.9. The smallest absolute Gasteiger partial charge is 0.244 e. The highest BCUT2D eigenvalue weighted by Gasteiger charge is 2.33. The first-order chi connectivity index (χ1) is 18.9. The van der Waals surface area contributed by atoms with E-state index in [0.29, 0.717) is 27.7 Å². The molecule has 2 atom stereocenters. The van der Waals surface area contributed by atoms with Crippen LogP contribution < -0.4 is 9.62 Å². The van der Waals surface area contributed by atoms with Crippen molar-refractivity contribution >= 4 is 50.7 Å². The van der Waals surface area contributed by atoms with E-state index < -0.39 is 28.5 Å². The number of hydrogen-bond acceptors (Lipinski definition) is 4. The Kier molecular flexibility index (Phi) is 11.0. The van der Waals surface area contributed by atoms with Gasteiger partial charge in [0, 0.05) is 29.1 Å². The van der Waals surface area contributed by atoms with Crippen molar-refractivity contribution < 1.29 is 18.0 Å². The Morgan fingerprint density at radius 2 is 1.57 bits per heavy atom. The molecule has 7 nitrogen and oxygen atoms in total. The molecule has 10 heteroatoms. The molecule has 214 valence electrons. The zero-order chi connectivity index (χ0) is 29.4. The second-order valence-electron chi connectivity index (χ2n) is 9.83. The zero-order valence-corrected chi connectivity index (χ0v) is 25.4. The molecule has 0 spiro atoms. The van der Waals surface area contributed by atoms with Crippen molar-refractivity contribution in [2.24, 2.45) is 0 Å². The third kappa shape index (κ3) is 8.46. The summed E-state index contributed by atoms with van der Waals surface area (Å²) >= 11 is 12.4. The highest BCUT2D eigenvalue weighted by Crippen LogP contribution is 2.28. The average molecular weight is 605 g/mol. The van der Waals surface area contributed by atoms with Crippen LogP contribution in [-0.2, 0) is 32.6 Å². The molecular formula is C30H35Cl2N3O4S. The molecule has 0 aliphatic heterocycles. The molecule has 0 unspecified atom stereocenters. The van der Waals surface area contributed by atoms with E-state index in [1.165, 1.54) is 4.90 Å². The fourth-order valence-corrected chi connectivity index (χ4v) is 5.44. The van der Waals surface area contributed by atoms with Gasteiger partial charge >= 0.3 is 0 Å². The van der Waals surface area contributed by atoms with E-state index in [9.17, 15) is 18.0 Å². The summed E-state index contributed by atoms with van der Waals surface area (Å²) in [5, 5.41) is 3.93. The van der Waals surface area contributed by atoms with Crippen LogP contribution in [0.2, 0.25) is 10.0 Å². The second kappa shape index (κ2) is 14.0. The fourth-order valence-electron chi connectivity index (χ4n) is 4.24. The van der Waals surface area contributed by atoms with Gasteiger partial charge in [0.15, 0.2) is 0 Å². The lowest BCUT2D eigenvalue weighted by Crippen LogP contribution is -2.54. The maximum Gasteiger partial charge on any atom is 0.244 e. The van der Waals surface area contributed by atoms with Crippen LogP contribution in [0, 0.1) is 6.92 Å². The zero-order valence-electron chi connectivity index (χ0n) is 23.1. The summed E-state index contributed by atoms with van der Waals surface area (Å²) in [5.74, 6) is -0.842. The number of hydrogen-bond donors (Lipinski definition) is 1. The molecule has 3 aromatic carbocycles. The van der Waals surface area contributed by atoms with Gasteiger partial charge in [-0.15, -0.1) is 0 Å². The van der Waals surface area contributed by atoms with Crippen LogP contribution in [0.15, 0.2) is 72.8 Å². The van der Waals surface area contributed by atoms with Crippen LogP contribution in [0.5, 0.6) is 0 Å². The number of benzene rings is 3. The Balaban J connectivity index is 2.08. The standard InChI is InChI=1S/C30H35Cl2N3O4S/c1-5-21(2)33-30(37)28(18-23-10-7-6-8-11-23)34(19-24-14-16-25(31)17-15-24)29(36)20-35(40(4,38)39)27-13-9-12-26(32)22(27)3/h6-17,21,28H,5,18-20H2,1-4H3,(H,33,37)/t21-,28+/m1/s1. The van der Waals surface area contributed by atoms with Gasteiger partial charge in [-0.3, -0.25) is 13.9 Å².